The van der Waals surface area contributed by atoms with Crippen molar-refractivity contribution in [3.05, 3.63) is 35.9 Å². The van der Waals surface area contributed by atoms with Gasteiger partial charge in [0.05, 0.1) is 12.6 Å². The zero-order chi connectivity index (χ0) is 20.3. The standard InChI is InChI=1S/C20H35NO4Si/c1-19(2,3)21(18(23)24)17(15-12-10-9-11-13-15)16(22)14-25-26(7,8)20(4,5)6/h9-13,16-17,22H,14H2,1-8H3,(H,23,24)/t16-,17+/m0/s1. The first-order valence-corrected chi connectivity index (χ1v) is 12.0. The molecule has 0 saturated carbocycles. The summed E-state index contributed by atoms with van der Waals surface area (Å²) >= 11 is 0. The zero-order valence-corrected chi connectivity index (χ0v) is 18.4. The molecule has 148 valence electrons. The summed E-state index contributed by atoms with van der Waals surface area (Å²) in [6.45, 7) is 16.3. The predicted octanol–water partition coefficient (Wildman–Crippen LogP) is 4.89. The molecule has 0 fully saturated rings. The summed E-state index contributed by atoms with van der Waals surface area (Å²) in [7, 11) is -2.05. The number of aliphatic hydroxyl groups excluding tert-OH is 1. The van der Waals surface area contributed by atoms with Crippen LogP contribution in [0.15, 0.2) is 30.3 Å². The van der Waals surface area contributed by atoms with Gasteiger partial charge in [-0.1, -0.05) is 51.1 Å². The summed E-state index contributed by atoms with van der Waals surface area (Å²) < 4.78 is 6.17. The third-order valence-electron chi connectivity index (χ3n) is 5.13. The van der Waals surface area contributed by atoms with Crippen LogP contribution in [0.3, 0.4) is 0 Å². The first-order valence-electron chi connectivity index (χ1n) is 9.08. The van der Waals surface area contributed by atoms with Crippen molar-refractivity contribution < 1.29 is 19.4 Å². The lowest BCUT2D eigenvalue weighted by atomic mass is 9.95. The Labute approximate surface area is 159 Å². The van der Waals surface area contributed by atoms with Crippen LogP contribution in [0.4, 0.5) is 4.79 Å². The Balaban J connectivity index is 3.19. The first-order chi connectivity index (χ1) is 11.7. The molecular formula is C20H35NO4Si. The van der Waals surface area contributed by atoms with Gasteiger partial charge in [0.25, 0.3) is 0 Å². The fourth-order valence-electron chi connectivity index (χ4n) is 2.62. The van der Waals surface area contributed by atoms with Gasteiger partial charge in [0.15, 0.2) is 8.32 Å². The molecule has 0 aliphatic heterocycles. The number of rotatable bonds is 6. The molecule has 5 nitrogen and oxygen atoms in total. The van der Waals surface area contributed by atoms with Crippen molar-refractivity contribution >= 4 is 14.4 Å². The van der Waals surface area contributed by atoms with Crippen LogP contribution in [0.25, 0.3) is 0 Å². The highest BCUT2D eigenvalue weighted by molar-refractivity contribution is 6.74. The van der Waals surface area contributed by atoms with E-state index in [4.69, 9.17) is 4.43 Å². The molecule has 1 rings (SSSR count). The number of amides is 1. The van der Waals surface area contributed by atoms with Crippen molar-refractivity contribution in [2.75, 3.05) is 6.61 Å². The van der Waals surface area contributed by atoms with Gasteiger partial charge in [-0.2, -0.15) is 0 Å². The van der Waals surface area contributed by atoms with Crippen molar-refractivity contribution in [1.29, 1.82) is 0 Å². The van der Waals surface area contributed by atoms with Crippen molar-refractivity contribution in [3.63, 3.8) is 0 Å². The number of carbonyl (C=O) groups is 1. The van der Waals surface area contributed by atoms with Crippen LogP contribution in [-0.4, -0.2) is 47.8 Å². The molecule has 0 bridgehead atoms. The Morgan fingerprint density at radius 2 is 1.62 bits per heavy atom. The third kappa shape index (κ3) is 5.56. The van der Waals surface area contributed by atoms with Gasteiger partial charge in [0, 0.05) is 5.54 Å². The molecule has 1 aromatic carbocycles. The first kappa shape index (κ1) is 22.7. The van der Waals surface area contributed by atoms with E-state index in [1.54, 1.807) is 0 Å². The fraction of sp³-hybridized carbons (Fsp3) is 0.650. The van der Waals surface area contributed by atoms with Crippen molar-refractivity contribution in [3.8, 4) is 0 Å². The second-order valence-electron chi connectivity index (χ2n) is 9.32. The Hall–Kier alpha value is -1.37. The number of hydrogen-bond acceptors (Lipinski definition) is 3. The van der Waals surface area contributed by atoms with Crippen molar-refractivity contribution in [2.24, 2.45) is 0 Å². The summed E-state index contributed by atoms with van der Waals surface area (Å²) in [6, 6.07) is 8.59. The van der Waals surface area contributed by atoms with E-state index in [1.165, 1.54) is 4.90 Å². The summed E-state index contributed by atoms with van der Waals surface area (Å²) in [6.07, 6.45) is -2.01. The average Bonchev–Trinajstić information content (AvgIpc) is 2.48. The second kappa shape index (κ2) is 8.11. The van der Waals surface area contributed by atoms with Crippen LogP contribution in [-0.2, 0) is 4.43 Å². The van der Waals surface area contributed by atoms with Gasteiger partial charge in [-0.25, -0.2) is 4.79 Å². The zero-order valence-electron chi connectivity index (χ0n) is 17.4. The molecule has 2 N–H and O–H groups in total. The summed E-state index contributed by atoms with van der Waals surface area (Å²) in [5, 5.41) is 20.8. The number of aliphatic hydroxyl groups is 1. The van der Waals surface area contributed by atoms with E-state index in [1.807, 2.05) is 51.1 Å². The van der Waals surface area contributed by atoms with Gasteiger partial charge in [0.2, 0.25) is 0 Å². The van der Waals surface area contributed by atoms with Gasteiger partial charge >= 0.3 is 6.09 Å². The normalized spacial score (nSPS) is 15.4. The highest BCUT2D eigenvalue weighted by atomic mass is 28.4. The number of hydrogen-bond donors (Lipinski definition) is 2. The van der Waals surface area contributed by atoms with Crippen LogP contribution >= 0.6 is 0 Å². The van der Waals surface area contributed by atoms with Gasteiger partial charge in [0.1, 0.15) is 6.10 Å². The highest BCUT2D eigenvalue weighted by Gasteiger charge is 2.41. The predicted molar refractivity (Wildman–Crippen MR) is 108 cm³/mol. The summed E-state index contributed by atoms with van der Waals surface area (Å²) in [5.41, 5.74) is 0.0979. The van der Waals surface area contributed by atoms with E-state index in [9.17, 15) is 15.0 Å². The van der Waals surface area contributed by atoms with Crippen LogP contribution < -0.4 is 0 Å². The Morgan fingerprint density at radius 3 is 2.00 bits per heavy atom. The summed E-state index contributed by atoms with van der Waals surface area (Å²) in [5.74, 6) is 0. The van der Waals surface area contributed by atoms with Gasteiger partial charge < -0.3 is 14.6 Å². The smallest absolute Gasteiger partial charge is 0.408 e. The molecular weight excluding hydrogens is 346 g/mol. The van der Waals surface area contributed by atoms with E-state index in [-0.39, 0.29) is 11.6 Å². The minimum absolute atomic E-state index is 0.0193. The van der Waals surface area contributed by atoms with E-state index >= 15 is 0 Å². The van der Waals surface area contributed by atoms with Crippen LogP contribution in [0.2, 0.25) is 18.1 Å². The van der Waals surface area contributed by atoms with Crippen LogP contribution in [0.1, 0.15) is 53.1 Å². The van der Waals surface area contributed by atoms with Gasteiger partial charge in [-0.3, -0.25) is 4.90 Å². The second-order valence-corrected chi connectivity index (χ2v) is 14.1. The van der Waals surface area contributed by atoms with Crippen LogP contribution in [0, 0.1) is 0 Å². The van der Waals surface area contributed by atoms with E-state index in [0.717, 1.165) is 5.56 Å². The molecule has 0 unspecified atom stereocenters. The minimum Gasteiger partial charge on any atom is -0.465 e. The average molecular weight is 382 g/mol. The quantitative estimate of drug-likeness (QED) is 0.688. The third-order valence-corrected chi connectivity index (χ3v) is 9.63. The van der Waals surface area contributed by atoms with Gasteiger partial charge in [-0.15, -0.1) is 0 Å². The molecule has 0 radical (unpaired) electrons. The van der Waals surface area contributed by atoms with Crippen molar-refractivity contribution in [2.45, 2.75) is 77.4 Å². The number of carboxylic acid groups (broad SMARTS) is 1. The molecule has 0 heterocycles. The monoisotopic (exact) mass is 381 g/mol. The van der Waals surface area contributed by atoms with Gasteiger partial charge in [-0.05, 0) is 44.5 Å². The Bertz CT molecular complexity index is 590. The molecule has 2 atom stereocenters. The fourth-order valence-corrected chi connectivity index (χ4v) is 3.64. The number of benzene rings is 1. The largest absolute Gasteiger partial charge is 0.465 e. The SMILES string of the molecule is CC(C)(C)N(C(=O)O)[C@H](c1ccccc1)[C@@H](O)CO[Si](C)(C)C(C)(C)C. The molecule has 0 saturated heterocycles. The van der Waals surface area contributed by atoms with Crippen molar-refractivity contribution in [1.82, 2.24) is 4.90 Å². The molecule has 0 aliphatic rings. The van der Waals surface area contributed by atoms with E-state index < -0.39 is 32.1 Å². The maximum atomic E-state index is 12.0. The maximum absolute atomic E-state index is 12.0. The summed E-state index contributed by atoms with van der Waals surface area (Å²) in [4.78, 5) is 13.3. The Morgan fingerprint density at radius 1 is 1.12 bits per heavy atom. The Kier molecular flexibility index (Phi) is 7.07. The lowest BCUT2D eigenvalue weighted by Crippen LogP contribution is -2.52. The molecule has 1 amide bonds. The lowest BCUT2D eigenvalue weighted by Gasteiger charge is -2.43. The lowest BCUT2D eigenvalue weighted by molar-refractivity contribution is -0.0145. The highest BCUT2D eigenvalue weighted by Crippen LogP contribution is 2.38. The van der Waals surface area contributed by atoms with Crippen LogP contribution in [0.5, 0.6) is 0 Å². The molecule has 1 aromatic rings. The molecule has 6 heteroatoms. The number of nitrogens with zero attached hydrogens (tertiary/aromatic N) is 1. The van der Waals surface area contributed by atoms with E-state index in [2.05, 4.69) is 33.9 Å². The topological polar surface area (TPSA) is 70.0 Å². The molecule has 0 spiro atoms. The molecule has 26 heavy (non-hydrogen) atoms. The maximum Gasteiger partial charge on any atom is 0.408 e. The molecule has 0 aliphatic carbocycles. The molecule has 0 aromatic heterocycles. The van der Waals surface area contributed by atoms with E-state index in [0.29, 0.717) is 0 Å². The minimum atomic E-state index is -2.05.